The highest BCUT2D eigenvalue weighted by atomic mass is 16.2. The maximum absolute atomic E-state index is 13.2. The maximum Gasteiger partial charge on any atom is 0.274 e. The first-order valence-electron chi connectivity index (χ1n) is 9.32. The Bertz CT molecular complexity index is 795. The van der Waals surface area contributed by atoms with E-state index in [1.165, 1.54) is 16.8 Å². The molecule has 5 heteroatoms. The van der Waals surface area contributed by atoms with Crippen molar-refractivity contribution in [2.75, 3.05) is 20.1 Å². The van der Waals surface area contributed by atoms with Crippen LogP contribution in [0.4, 0.5) is 0 Å². The molecule has 1 aliphatic carbocycles. The summed E-state index contributed by atoms with van der Waals surface area (Å²) in [5, 5.41) is 8.11. The van der Waals surface area contributed by atoms with Gasteiger partial charge in [-0.1, -0.05) is 18.2 Å². The monoisotopic (exact) mass is 338 g/mol. The van der Waals surface area contributed by atoms with Crippen molar-refractivity contribution in [1.82, 2.24) is 20.0 Å². The van der Waals surface area contributed by atoms with Crippen LogP contribution in [0.1, 0.15) is 46.6 Å². The Balaban J connectivity index is 1.70. The van der Waals surface area contributed by atoms with Gasteiger partial charge in [0.05, 0.1) is 5.69 Å². The molecule has 0 saturated carbocycles. The van der Waals surface area contributed by atoms with E-state index in [1.807, 2.05) is 28.8 Å². The molecule has 132 valence electrons. The molecule has 5 nitrogen and oxygen atoms in total. The molecule has 1 N–H and O–H groups in total. The summed E-state index contributed by atoms with van der Waals surface area (Å²) in [6, 6.07) is 8.66. The Morgan fingerprint density at radius 1 is 1.24 bits per heavy atom. The maximum atomic E-state index is 13.2. The number of piperidine rings is 1. The minimum absolute atomic E-state index is 0.102. The van der Waals surface area contributed by atoms with E-state index >= 15 is 0 Å². The Hall–Kier alpha value is -2.14. The van der Waals surface area contributed by atoms with Crippen LogP contribution in [0, 0.1) is 6.92 Å². The van der Waals surface area contributed by atoms with E-state index in [0.717, 1.165) is 50.9 Å². The van der Waals surface area contributed by atoms with Crippen molar-refractivity contribution in [2.24, 2.45) is 0 Å². The van der Waals surface area contributed by atoms with E-state index in [4.69, 9.17) is 5.10 Å². The fraction of sp³-hybridized carbons (Fsp3) is 0.500. The lowest BCUT2D eigenvalue weighted by atomic mass is 10.0. The fourth-order valence-electron chi connectivity index (χ4n) is 4.16. The third-order valence-electron chi connectivity index (χ3n) is 5.59. The first-order chi connectivity index (χ1) is 12.2. The molecule has 2 heterocycles. The van der Waals surface area contributed by atoms with Gasteiger partial charge in [-0.15, -0.1) is 0 Å². The highest BCUT2D eigenvalue weighted by Crippen LogP contribution is 2.30. The predicted octanol–water partition coefficient (Wildman–Crippen LogP) is 2.49. The van der Waals surface area contributed by atoms with Gasteiger partial charge >= 0.3 is 0 Å². The lowest BCUT2D eigenvalue weighted by Gasteiger charge is -2.32. The van der Waals surface area contributed by atoms with E-state index in [0.29, 0.717) is 11.7 Å². The number of carbonyl (C=O) groups excluding carboxylic acids is 1. The van der Waals surface area contributed by atoms with Crippen LogP contribution in [0.5, 0.6) is 0 Å². The summed E-state index contributed by atoms with van der Waals surface area (Å²) in [5.41, 5.74) is 5.34. The third-order valence-corrected chi connectivity index (χ3v) is 5.59. The highest BCUT2D eigenvalue weighted by molar-refractivity contribution is 5.94. The number of para-hydroxylation sites is 1. The minimum atomic E-state index is 0.102. The Labute approximate surface area is 149 Å². The van der Waals surface area contributed by atoms with Gasteiger partial charge in [0.1, 0.15) is 0 Å². The zero-order valence-electron chi connectivity index (χ0n) is 15.1. The molecule has 1 unspecified atom stereocenters. The molecule has 0 spiro atoms. The average Bonchev–Trinajstić information content (AvgIpc) is 3.24. The Morgan fingerprint density at radius 3 is 2.88 bits per heavy atom. The van der Waals surface area contributed by atoms with E-state index in [2.05, 4.69) is 24.4 Å². The number of aryl methyl sites for hydroxylation is 1. The molecular weight excluding hydrogens is 312 g/mol. The molecule has 1 saturated heterocycles. The van der Waals surface area contributed by atoms with Crippen LogP contribution in [-0.2, 0) is 12.8 Å². The highest BCUT2D eigenvalue weighted by Gasteiger charge is 2.31. The minimum Gasteiger partial charge on any atom is -0.336 e. The fourth-order valence-corrected chi connectivity index (χ4v) is 4.16. The smallest absolute Gasteiger partial charge is 0.274 e. The second kappa shape index (κ2) is 6.64. The topological polar surface area (TPSA) is 50.2 Å². The number of likely N-dealkylation sites (N-methyl/N-ethyl adjacent to an activating group) is 1. The summed E-state index contributed by atoms with van der Waals surface area (Å²) < 4.78 is 2.02. The number of hydrogen-bond donors (Lipinski definition) is 1. The first kappa shape index (κ1) is 16.3. The number of rotatable bonds is 3. The quantitative estimate of drug-likeness (QED) is 0.935. The van der Waals surface area contributed by atoms with Crippen molar-refractivity contribution in [3.05, 3.63) is 46.8 Å². The summed E-state index contributed by atoms with van der Waals surface area (Å²) in [5.74, 6) is 0.102. The van der Waals surface area contributed by atoms with Gasteiger partial charge < -0.3 is 10.2 Å². The second-order valence-corrected chi connectivity index (χ2v) is 7.20. The summed E-state index contributed by atoms with van der Waals surface area (Å²) >= 11 is 0. The zero-order chi connectivity index (χ0) is 17.4. The van der Waals surface area contributed by atoms with Gasteiger partial charge in [0.25, 0.3) is 5.91 Å². The molecule has 0 bridgehead atoms. The van der Waals surface area contributed by atoms with Crippen molar-refractivity contribution in [1.29, 1.82) is 0 Å². The summed E-state index contributed by atoms with van der Waals surface area (Å²) in [7, 11) is 1.98. The number of carbonyl (C=O) groups is 1. The normalized spacial score (nSPS) is 19.9. The number of benzene rings is 1. The van der Waals surface area contributed by atoms with Crippen LogP contribution >= 0.6 is 0 Å². The molecular formula is C20H26N4O. The van der Waals surface area contributed by atoms with E-state index in [-0.39, 0.29) is 5.91 Å². The van der Waals surface area contributed by atoms with Gasteiger partial charge in [-0.3, -0.25) is 4.79 Å². The second-order valence-electron chi connectivity index (χ2n) is 7.20. The van der Waals surface area contributed by atoms with Crippen LogP contribution in [-0.4, -0.2) is 46.8 Å². The number of hydrogen-bond acceptors (Lipinski definition) is 3. The largest absolute Gasteiger partial charge is 0.336 e. The van der Waals surface area contributed by atoms with E-state index in [9.17, 15) is 4.79 Å². The van der Waals surface area contributed by atoms with Crippen LogP contribution in [0.15, 0.2) is 24.3 Å². The van der Waals surface area contributed by atoms with E-state index in [1.54, 1.807) is 0 Å². The number of fused-ring (bicyclic) bond motifs is 1. The number of likely N-dealkylation sites (tertiary alicyclic amines) is 1. The van der Waals surface area contributed by atoms with Crippen molar-refractivity contribution in [2.45, 2.75) is 45.1 Å². The lowest BCUT2D eigenvalue weighted by Crippen LogP contribution is -2.47. The van der Waals surface area contributed by atoms with Crippen molar-refractivity contribution < 1.29 is 4.79 Å². The number of nitrogens with one attached hydrogen (secondary N) is 1. The van der Waals surface area contributed by atoms with Crippen LogP contribution in [0.3, 0.4) is 0 Å². The molecule has 1 fully saturated rings. The van der Waals surface area contributed by atoms with Crippen molar-refractivity contribution in [3.63, 3.8) is 0 Å². The predicted molar refractivity (Wildman–Crippen MR) is 98.3 cm³/mol. The number of amides is 1. The SMILES string of the molecule is CNC1CCCN(C(=O)c2nn(-c3ccccc3C)c3c2CCC3)C1. The third kappa shape index (κ3) is 2.86. The van der Waals surface area contributed by atoms with Crippen LogP contribution in [0.25, 0.3) is 5.69 Å². The van der Waals surface area contributed by atoms with Gasteiger partial charge in [0, 0.05) is 30.4 Å². The van der Waals surface area contributed by atoms with Gasteiger partial charge in [-0.2, -0.15) is 5.10 Å². The molecule has 2 aromatic rings. The Kier molecular flexibility index (Phi) is 4.34. The van der Waals surface area contributed by atoms with Gasteiger partial charge in [-0.05, 0) is 57.7 Å². The number of aromatic nitrogens is 2. The Morgan fingerprint density at radius 2 is 2.08 bits per heavy atom. The molecule has 1 aromatic heterocycles. The standard InChI is InChI=1S/C20H26N4O/c1-14-7-3-4-10-17(14)24-18-11-5-9-16(18)19(22-24)20(25)23-12-6-8-15(13-23)21-2/h3-4,7,10,15,21H,5-6,8-9,11-13H2,1-2H3. The molecule has 1 amide bonds. The summed E-state index contributed by atoms with van der Waals surface area (Å²) in [6.07, 6.45) is 5.27. The average molecular weight is 338 g/mol. The number of nitrogens with zero attached hydrogens (tertiary/aromatic N) is 3. The van der Waals surface area contributed by atoms with Gasteiger partial charge in [-0.25, -0.2) is 4.68 Å². The van der Waals surface area contributed by atoms with Gasteiger partial charge in [0.2, 0.25) is 0 Å². The zero-order valence-corrected chi connectivity index (χ0v) is 15.1. The first-order valence-corrected chi connectivity index (χ1v) is 9.32. The lowest BCUT2D eigenvalue weighted by molar-refractivity contribution is 0.0690. The molecule has 1 atom stereocenters. The van der Waals surface area contributed by atoms with Crippen molar-refractivity contribution >= 4 is 5.91 Å². The molecule has 1 aromatic carbocycles. The molecule has 0 radical (unpaired) electrons. The van der Waals surface area contributed by atoms with Crippen LogP contribution in [0.2, 0.25) is 0 Å². The molecule has 2 aliphatic rings. The van der Waals surface area contributed by atoms with Crippen LogP contribution < -0.4 is 5.32 Å². The molecule has 25 heavy (non-hydrogen) atoms. The molecule has 1 aliphatic heterocycles. The summed E-state index contributed by atoms with van der Waals surface area (Å²) in [4.78, 5) is 15.2. The summed E-state index contributed by atoms with van der Waals surface area (Å²) in [6.45, 7) is 3.71. The van der Waals surface area contributed by atoms with Crippen molar-refractivity contribution in [3.8, 4) is 5.69 Å². The van der Waals surface area contributed by atoms with Gasteiger partial charge in [0.15, 0.2) is 5.69 Å². The van der Waals surface area contributed by atoms with E-state index < -0.39 is 0 Å². The molecule has 4 rings (SSSR count).